The second-order valence-electron chi connectivity index (χ2n) is 7.49. The van der Waals surface area contributed by atoms with Gasteiger partial charge < -0.3 is 15.0 Å². The summed E-state index contributed by atoms with van der Waals surface area (Å²) in [7, 11) is 0. The molecule has 6 nitrogen and oxygen atoms in total. The third kappa shape index (κ3) is 5.35. The number of ether oxygens (including phenoxy) is 1. The molecular weight excluding hydrogens is 423 g/mol. The fraction of sp³-hybridized carbons (Fsp3) is 0.261. The highest BCUT2D eigenvalue weighted by Gasteiger charge is 2.31. The molecule has 0 radical (unpaired) electrons. The zero-order valence-electron chi connectivity index (χ0n) is 17.0. The van der Waals surface area contributed by atoms with E-state index >= 15 is 0 Å². The smallest absolute Gasteiger partial charge is 0.406 e. The molecule has 0 spiro atoms. The van der Waals surface area contributed by atoms with Crippen molar-refractivity contribution in [2.45, 2.75) is 25.6 Å². The lowest BCUT2D eigenvalue weighted by atomic mass is 9.99. The van der Waals surface area contributed by atoms with Crippen LogP contribution >= 0.6 is 0 Å². The first kappa shape index (κ1) is 21.6. The molecule has 1 aromatic heterocycles. The highest BCUT2D eigenvalue weighted by molar-refractivity contribution is 5.94. The Bertz CT molecular complexity index is 1090. The number of fused-ring (bicyclic) bond motifs is 1. The molecule has 2 amide bonds. The van der Waals surface area contributed by atoms with Crippen LogP contribution < -0.4 is 10.1 Å². The highest BCUT2D eigenvalue weighted by Crippen LogP contribution is 2.27. The van der Waals surface area contributed by atoms with Gasteiger partial charge in [-0.15, -0.1) is 13.2 Å². The van der Waals surface area contributed by atoms with Crippen molar-refractivity contribution in [2.75, 3.05) is 18.4 Å². The maximum atomic E-state index is 12.5. The number of amides is 2. The summed E-state index contributed by atoms with van der Waals surface area (Å²) in [6, 6.07) is 7.63. The van der Waals surface area contributed by atoms with Crippen LogP contribution in [0.2, 0.25) is 0 Å². The molecule has 0 saturated heterocycles. The second-order valence-corrected chi connectivity index (χ2v) is 7.49. The van der Waals surface area contributed by atoms with Crippen molar-refractivity contribution in [1.29, 1.82) is 0 Å². The van der Waals surface area contributed by atoms with E-state index in [-0.39, 0.29) is 17.6 Å². The van der Waals surface area contributed by atoms with Crippen LogP contribution in [0, 0.1) is 0 Å². The highest BCUT2D eigenvalue weighted by atomic mass is 19.4. The Hall–Kier alpha value is -3.62. The lowest BCUT2D eigenvalue weighted by molar-refractivity contribution is -0.274. The van der Waals surface area contributed by atoms with Crippen LogP contribution in [0.1, 0.15) is 29.5 Å². The maximum absolute atomic E-state index is 12.5. The van der Waals surface area contributed by atoms with Gasteiger partial charge >= 0.3 is 6.36 Å². The van der Waals surface area contributed by atoms with Crippen molar-refractivity contribution < 1.29 is 27.5 Å². The number of hydrogen-bond donors (Lipinski definition) is 1. The van der Waals surface area contributed by atoms with Crippen LogP contribution in [0.25, 0.3) is 11.6 Å². The topological polar surface area (TPSA) is 71.5 Å². The Morgan fingerprint density at radius 3 is 2.62 bits per heavy atom. The Balaban J connectivity index is 1.35. The van der Waals surface area contributed by atoms with Gasteiger partial charge in [-0.3, -0.25) is 9.59 Å². The van der Waals surface area contributed by atoms with Gasteiger partial charge in [-0.05, 0) is 59.4 Å². The van der Waals surface area contributed by atoms with Crippen LogP contribution in [0.3, 0.4) is 0 Å². The van der Waals surface area contributed by atoms with E-state index in [1.807, 2.05) is 12.1 Å². The number of benzene rings is 1. The average Bonchev–Trinajstić information content (AvgIpc) is 2.77. The monoisotopic (exact) mass is 443 g/mol. The number of aromatic nitrogens is 1. The molecule has 0 bridgehead atoms. The number of aryl methyl sites for hydroxylation is 1. The summed E-state index contributed by atoms with van der Waals surface area (Å²) in [6.45, 7) is 0.915. The Kier molecular flexibility index (Phi) is 5.98. The number of alkyl halides is 3. The number of anilines is 1. The van der Waals surface area contributed by atoms with Gasteiger partial charge in [-0.1, -0.05) is 18.2 Å². The van der Waals surface area contributed by atoms with Crippen LogP contribution in [0.5, 0.6) is 5.75 Å². The lowest BCUT2D eigenvalue weighted by Crippen LogP contribution is -2.33. The van der Waals surface area contributed by atoms with Crippen LogP contribution in [0.4, 0.5) is 19.0 Å². The number of nitrogens with zero attached hydrogens (tertiary/aromatic N) is 2. The van der Waals surface area contributed by atoms with Crippen LogP contribution in [-0.2, 0) is 16.0 Å². The third-order valence-electron chi connectivity index (χ3n) is 5.26. The number of carbonyl (C=O) groups is 2. The molecule has 32 heavy (non-hydrogen) atoms. The van der Waals surface area contributed by atoms with Gasteiger partial charge in [0.2, 0.25) is 11.8 Å². The molecule has 2 aromatic rings. The van der Waals surface area contributed by atoms with Gasteiger partial charge in [0.1, 0.15) is 11.6 Å². The maximum Gasteiger partial charge on any atom is 0.573 e. The minimum Gasteiger partial charge on any atom is -0.406 e. The molecule has 0 atom stereocenters. The summed E-state index contributed by atoms with van der Waals surface area (Å²) < 4.78 is 40.7. The van der Waals surface area contributed by atoms with Gasteiger partial charge in [0.05, 0.1) is 0 Å². The summed E-state index contributed by atoms with van der Waals surface area (Å²) >= 11 is 0. The van der Waals surface area contributed by atoms with E-state index in [4.69, 9.17) is 0 Å². The molecule has 166 valence electrons. The van der Waals surface area contributed by atoms with Gasteiger partial charge in [0, 0.05) is 31.8 Å². The van der Waals surface area contributed by atoms with E-state index in [9.17, 15) is 22.8 Å². The summed E-state index contributed by atoms with van der Waals surface area (Å²) in [5.74, 6) is 0.113. The number of rotatable bonds is 4. The molecule has 1 aromatic carbocycles. The zero-order valence-corrected chi connectivity index (χ0v) is 17.0. The first-order valence-corrected chi connectivity index (χ1v) is 10.1. The number of nitrogens with one attached hydrogen (secondary N) is 1. The molecule has 0 aliphatic carbocycles. The molecule has 3 heterocycles. The summed E-state index contributed by atoms with van der Waals surface area (Å²) in [5.41, 5.74) is 3.49. The van der Waals surface area contributed by atoms with E-state index in [0.717, 1.165) is 22.3 Å². The number of carbonyl (C=O) groups excluding carboxylic acids is 2. The Morgan fingerprint density at radius 1 is 1.16 bits per heavy atom. The molecule has 0 saturated carbocycles. The molecule has 9 heteroatoms. The first-order valence-electron chi connectivity index (χ1n) is 10.1. The molecule has 2 aliphatic rings. The van der Waals surface area contributed by atoms with E-state index in [1.165, 1.54) is 18.2 Å². The molecular formula is C23H20F3N3O3. The standard InChI is InChI=1S/C23H20F3N3O3/c24-23(25,26)32-19-5-2-16(3-6-19)17-9-11-29(12-10-17)21(31)8-1-15-13-18-4-7-20(30)28-22(18)27-14-15/h1-3,5-6,8-9,13-14H,4,7,10-12H2,(H,27,28,30)/b8-1+. The minimum absolute atomic E-state index is 0.0495. The van der Waals surface area contributed by atoms with Crippen LogP contribution in [0.15, 0.2) is 48.7 Å². The van der Waals surface area contributed by atoms with Gasteiger partial charge in [0.15, 0.2) is 0 Å². The fourth-order valence-electron chi connectivity index (χ4n) is 3.64. The number of hydrogen-bond acceptors (Lipinski definition) is 4. The third-order valence-corrected chi connectivity index (χ3v) is 5.26. The summed E-state index contributed by atoms with van der Waals surface area (Å²) in [4.78, 5) is 29.9. The summed E-state index contributed by atoms with van der Waals surface area (Å²) in [5, 5.41) is 2.72. The quantitative estimate of drug-likeness (QED) is 0.720. The van der Waals surface area contributed by atoms with Gasteiger partial charge in [-0.25, -0.2) is 4.98 Å². The van der Waals surface area contributed by atoms with Crippen molar-refractivity contribution in [3.05, 3.63) is 65.4 Å². The van der Waals surface area contributed by atoms with Crippen molar-refractivity contribution in [3.63, 3.8) is 0 Å². The minimum atomic E-state index is -4.72. The summed E-state index contributed by atoms with van der Waals surface area (Å²) in [6.07, 6.45) is 3.61. The van der Waals surface area contributed by atoms with Gasteiger partial charge in [-0.2, -0.15) is 0 Å². The van der Waals surface area contributed by atoms with Crippen molar-refractivity contribution >= 4 is 29.3 Å². The van der Waals surface area contributed by atoms with Crippen molar-refractivity contribution in [3.8, 4) is 5.75 Å². The normalized spacial score (nSPS) is 16.4. The molecule has 0 unspecified atom stereocenters. The molecule has 0 fully saturated rings. The number of pyridine rings is 1. The molecule has 1 N–H and O–H groups in total. The second kappa shape index (κ2) is 8.86. The number of halogens is 3. The van der Waals surface area contributed by atoms with E-state index in [1.54, 1.807) is 29.3 Å². The van der Waals surface area contributed by atoms with Crippen molar-refractivity contribution in [1.82, 2.24) is 9.88 Å². The zero-order chi connectivity index (χ0) is 22.7. The molecule has 2 aliphatic heterocycles. The van der Waals surface area contributed by atoms with E-state index in [2.05, 4.69) is 15.0 Å². The van der Waals surface area contributed by atoms with Crippen molar-refractivity contribution in [2.24, 2.45) is 0 Å². The molecule has 4 rings (SSSR count). The fourth-order valence-corrected chi connectivity index (χ4v) is 3.64. The van der Waals surface area contributed by atoms with E-state index in [0.29, 0.717) is 38.2 Å². The average molecular weight is 443 g/mol. The van der Waals surface area contributed by atoms with Crippen LogP contribution in [-0.4, -0.2) is 41.2 Å². The first-order chi connectivity index (χ1) is 15.3. The SMILES string of the molecule is O=C1CCc2cc(/C=C/C(=O)N3CC=C(c4ccc(OC(F)(F)F)cc4)CC3)cnc2N1. The van der Waals surface area contributed by atoms with Gasteiger partial charge in [0.25, 0.3) is 0 Å². The lowest BCUT2D eigenvalue weighted by Gasteiger charge is -2.25. The predicted octanol–water partition coefficient (Wildman–Crippen LogP) is 4.19. The predicted molar refractivity (Wildman–Crippen MR) is 113 cm³/mol. The van der Waals surface area contributed by atoms with E-state index < -0.39 is 6.36 Å². The largest absolute Gasteiger partial charge is 0.573 e. The Labute approximate surface area is 182 Å². The Morgan fingerprint density at radius 2 is 1.94 bits per heavy atom.